The van der Waals surface area contributed by atoms with E-state index in [0.717, 1.165) is 25.2 Å². The summed E-state index contributed by atoms with van der Waals surface area (Å²) in [6.07, 6.45) is 2.06. The van der Waals surface area contributed by atoms with E-state index in [1.54, 1.807) is 0 Å². The van der Waals surface area contributed by atoms with E-state index in [1.807, 2.05) is 31.2 Å². The van der Waals surface area contributed by atoms with E-state index in [0.29, 0.717) is 18.9 Å². The van der Waals surface area contributed by atoms with Crippen LogP contribution in [0.1, 0.15) is 39.2 Å². The molecule has 0 aliphatic rings. The molecule has 22 heavy (non-hydrogen) atoms. The van der Waals surface area contributed by atoms with Gasteiger partial charge in [0.25, 0.3) is 0 Å². The van der Waals surface area contributed by atoms with E-state index in [-0.39, 0.29) is 24.4 Å². The van der Waals surface area contributed by atoms with Crippen LogP contribution in [-0.4, -0.2) is 25.1 Å². The monoisotopic (exact) mass is 328 g/mol. The lowest BCUT2D eigenvalue weighted by Gasteiger charge is -2.10. The molecule has 1 unspecified atom stereocenters. The van der Waals surface area contributed by atoms with E-state index in [2.05, 4.69) is 19.2 Å². The van der Waals surface area contributed by atoms with Crippen molar-refractivity contribution in [3.8, 4) is 5.75 Å². The molecule has 1 amide bonds. The van der Waals surface area contributed by atoms with Gasteiger partial charge >= 0.3 is 0 Å². The fraction of sp³-hybridized carbons (Fsp3) is 0.588. The molecule has 1 rings (SSSR count). The lowest BCUT2D eigenvalue weighted by atomic mass is 10.1. The van der Waals surface area contributed by atoms with Gasteiger partial charge in [-0.1, -0.05) is 26.0 Å². The summed E-state index contributed by atoms with van der Waals surface area (Å²) < 4.78 is 5.64. The van der Waals surface area contributed by atoms with Crippen LogP contribution >= 0.6 is 12.4 Å². The Morgan fingerprint density at radius 2 is 1.86 bits per heavy atom. The first kappa shape index (κ1) is 20.7. The number of halogens is 1. The third-order valence-corrected chi connectivity index (χ3v) is 3.07. The topological polar surface area (TPSA) is 64.3 Å². The molecule has 1 atom stereocenters. The quantitative estimate of drug-likeness (QED) is 0.732. The molecule has 0 aromatic heterocycles. The van der Waals surface area contributed by atoms with Crippen molar-refractivity contribution in [2.24, 2.45) is 11.7 Å². The van der Waals surface area contributed by atoms with Gasteiger partial charge in [0, 0.05) is 19.0 Å². The highest BCUT2D eigenvalue weighted by Crippen LogP contribution is 2.13. The van der Waals surface area contributed by atoms with Crippen LogP contribution in [0.5, 0.6) is 5.75 Å². The Labute approximate surface area is 140 Å². The number of rotatable bonds is 9. The number of hydrogen-bond donors (Lipinski definition) is 2. The van der Waals surface area contributed by atoms with Gasteiger partial charge < -0.3 is 15.8 Å². The second-order valence-electron chi connectivity index (χ2n) is 5.96. The Balaban J connectivity index is 0.00000441. The van der Waals surface area contributed by atoms with Crippen LogP contribution in [0.3, 0.4) is 0 Å². The number of nitrogens with one attached hydrogen (secondary N) is 1. The summed E-state index contributed by atoms with van der Waals surface area (Å²) in [4.78, 5) is 11.6. The van der Waals surface area contributed by atoms with Crippen molar-refractivity contribution in [1.29, 1.82) is 0 Å². The molecule has 0 heterocycles. The van der Waals surface area contributed by atoms with Gasteiger partial charge in [-0.3, -0.25) is 4.79 Å². The van der Waals surface area contributed by atoms with E-state index in [4.69, 9.17) is 10.5 Å². The molecule has 0 aliphatic carbocycles. The summed E-state index contributed by atoms with van der Waals surface area (Å²) in [6, 6.07) is 8.13. The van der Waals surface area contributed by atoms with Crippen LogP contribution in [-0.2, 0) is 11.2 Å². The SMILES string of the molecule is CC(C)COc1ccc(CCNC(=O)CCC(C)N)cc1.Cl. The van der Waals surface area contributed by atoms with Crippen molar-refractivity contribution >= 4 is 18.3 Å². The normalized spacial score (nSPS) is 11.7. The second-order valence-corrected chi connectivity index (χ2v) is 5.96. The van der Waals surface area contributed by atoms with Crippen molar-refractivity contribution in [2.45, 2.75) is 46.1 Å². The highest BCUT2D eigenvalue weighted by molar-refractivity contribution is 5.85. The summed E-state index contributed by atoms with van der Waals surface area (Å²) in [5, 5.41) is 2.92. The van der Waals surface area contributed by atoms with E-state index in [1.165, 1.54) is 5.56 Å². The number of amides is 1. The first-order chi connectivity index (χ1) is 9.97. The molecule has 0 radical (unpaired) electrons. The molecule has 1 aromatic carbocycles. The highest BCUT2D eigenvalue weighted by Gasteiger charge is 2.03. The Morgan fingerprint density at radius 1 is 1.23 bits per heavy atom. The molecule has 0 spiro atoms. The third kappa shape index (κ3) is 9.64. The summed E-state index contributed by atoms with van der Waals surface area (Å²) in [5.41, 5.74) is 6.82. The van der Waals surface area contributed by atoms with Gasteiger partial charge in [-0.2, -0.15) is 0 Å². The van der Waals surface area contributed by atoms with Gasteiger partial charge in [0.05, 0.1) is 6.61 Å². The predicted octanol–water partition coefficient (Wildman–Crippen LogP) is 2.93. The van der Waals surface area contributed by atoms with Crippen LogP contribution in [0.25, 0.3) is 0 Å². The maximum atomic E-state index is 11.6. The number of benzene rings is 1. The molecule has 0 aliphatic heterocycles. The number of carbonyl (C=O) groups is 1. The van der Waals surface area contributed by atoms with E-state index < -0.39 is 0 Å². The van der Waals surface area contributed by atoms with Gasteiger partial charge in [-0.15, -0.1) is 12.4 Å². The molecule has 4 nitrogen and oxygen atoms in total. The van der Waals surface area contributed by atoms with Crippen molar-refractivity contribution in [2.75, 3.05) is 13.2 Å². The minimum Gasteiger partial charge on any atom is -0.493 e. The van der Waals surface area contributed by atoms with Crippen LogP contribution in [0.4, 0.5) is 0 Å². The first-order valence-corrected chi connectivity index (χ1v) is 7.71. The molecule has 0 fully saturated rings. The van der Waals surface area contributed by atoms with Crippen LogP contribution in [0.15, 0.2) is 24.3 Å². The van der Waals surface area contributed by atoms with Crippen molar-refractivity contribution < 1.29 is 9.53 Å². The third-order valence-electron chi connectivity index (χ3n) is 3.07. The molecule has 5 heteroatoms. The molecular weight excluding hydrogens is 300 g/mol. The van der Waals surface area contributed by atoms with Gasteiger partial charge in [-0.25, -0.2) is 0 Å². The zero-order valence-corrected chi connectivity index (χ0v) is 14.6. The number of hydrogen-bond acceptors (Lipinski definition) is 3. The zero-order valence-electron chi connectivity index (χ0n) is 13.8. The fourth-order valence-electron chi connectivity index (χ4n) is 1.81. The Morgan fingerprint density at radius 3 is 2.41 bits per heavy atom. The zero-order chi connectivity index (χ0) is 15.7. The minimum atomic E-state index is 0. The van der Waals surface area contributed by atoms with Crippen LogP contribution in [0.2, 0.25) is 0 Å². The minimum absolute atomic E-state index is 0. The van der Waals surface area contributed by atoms with E-state index >= 15 is 0 Å². The lowest BCUT2D eigenvalue weighted by Crippen LogP contribution is -2.27. The molecule has 0 saturated carbocycles. The van der Waals surface area contributed by atoms with Gasteiger partial charge in [0.15, 0.2) is 0 Å². The van der Waals surface area contributed by atoms with Gasteiger partial charge in [0.1, 0.15) is 5.75 Å². The predicted molar refractivity (Wildman–Crippen MR) is 93.6 cm³/mol. The molecule has 0 saturated heterocycles. The average Bonchev–Trinajstić information content (AvgIpc) is 2.44. The number of nitrogens with two attached hydrogens (primary N) is 1. The first-order valence-electron chi connectivity index (χ1n) is 7.71. The molecule has 126 valence electrons. The summed E-state index contributed by atoms with van der Waals surface area (Å²) in [5.74, 6) is 1.49. The summed E-state index contributed by atoms with van der Waals surface area (Å²) in [7, 11) is 0. The average molecular weight is 329 g/mol. The standard InChI is InChI=1S/C17H28N2O2.ClH/c1-13(2)12-21-16-7-5-15(6-8-16)10-11-19-17(20)9-4-14(3)18;/h5-8,13-14H,4,9-12,18H2,1-3H3,(H,19,20);1H. The maximum Gasteiger partial charge on any atom is 0.220 e. The Bertz CT molecular complexity index is 419. The van der Waals surface area contributed by atoms with Crippen LogP contribution in [0, 0.1) is 5.92 Å². The fourth-order valence-corrected chi connectivity index (χ4v) is 1.81. The van der Waals surface area contributed by atoms with Gasteiger partial charge in [-0.05, 0) is 43.4 Å². The largest absolute Gasteiger partial charge is 0.493 e. The van der Waals surface area contributed by atoms with Gasteiger partial charge in [0.2, 0.25) is 5.91 Å². The lowest BCUT2D eigenvalue weighted by molar-refractivity contribution is -0.121. The molecule has 1 aromatic rings. The highest BCUT2D eigenvalue weighted by atomic mass is 35.5. The number of ether oxygens (including phenoxy) is 1. The Hall–Kier alpha value is -1.26. The summed E-state index contributed by atoms with van der Waals surface area (Å²) in [6.45, 7) is 7.56. The van der Waals surface area contributed by atoms with E-state index in [9.17, 15) is 4.79 Å². The van der Waals surface area contributed by atoms with Crippen LogP contribution < -0.4 is 15.8 Å². The molecule has 3 N–H and O–H groups in total. The van der Waals surface area contributed by atoms with Crippen molar-refractivity contribution in [3.05, 3.63) is 29.8 Å². The van der Waals surface area contributed by atoms with Crippen molar-refractivity contribution in [1.82, 2.24) is 5.32 Å². The number of carbonyl (C=O) groups excluding carboxylic acids is 1. The molecule has 0 bridgehead atoms. The molecular formula is C17H29ClN2O2. The summed E-state index contributed by atoms with van der Waals surface area (Å²) >= 11 is 0. The maximum absolute atomic E-state index is 11.6. The Kier molecular flexibility index (Phi) is 10.7. The van der Waals surface area contributed by atoms with Crippen molar-refractivity contribution in [3.63, 3.8) is 0 Å². The smallest absolute Gasteiger partial charge is 0.220 e. The second kappa shape index (κ2) is 11.3.